The predicted molar refractivity (Wildman–Crippen MR) is 50.5 cm³/mol. The van der Waals surface area contributed by atoms with E-state index >= 15 is 0 Å². The monoisotopic (exact) mass is 174 g/mol. The van der Waals surface area contributed by atoms with Crippen LogP contribution in [0.25, 0.3) is 5.57 Å². The number of hydrogen-bond acceptors (Lipinski definition) is 2. The number of hydrogen-bond donors (Lipinski definition) is 1. The number of aromatic hydroxyl groups is 1. The molecule has 0 amide bonds. The fourth-order valence-electron chi connectivity index (χ4n) is 1.65. The van der Waals surface area contributed by atoms with Crippen LogP contribution in [0.3, 0.4) is 0 Å². The quantitative estimate of drug-likeness (QED) is 0.706. The summed E-state index contributed by atoms with van der Waals surface area (Å²) in [6.07, 6.45) is 2.71. The lowest BCUT2D eigenvalue weighted by molar-refractivity contribution is -0.111. The number of ketones is 1. The third-order valence-corrected chi connectivity index (χ3v) is 2.29. The molecular formula is C11H10O2. The topological polar surface area (TPSA) is 37.3 Å². The van der Waals surface area contributed by atoms with Gasteiger partial charge in [-0.2, -0.15) is 0 Å². The van der Waals surface area contributed by atoms with Crippen LogP contribution >= 0.6 is 0 Å². The molecule has 0 aliphatic heterocycles. The Hall–Kier alpha value is -1.57. The van der Waals surface area contributed by atoms with Crippen LogP contribution in [0, 0.1) is 0 Å². The Labute approximate surface area is 76.5 Å². The van der Waals surface area contributed by atoms with Gasteiger partial charge in [0.15, 0.2) is 5.78 Å². The number of carbonyl (C=O) groups is 1. The van der Waals surface area contributed by atoms with Crippen molar-refractivity contribution in [3.8, 4) is 5.75 Å². The summed E-state index contributed by atoms with van der Waals surface area (Å²) in [7, 11) is 0. The second-order valence-corrected chi connectivity index (χ2v) is 3.22. The highest BCUT2D eigenvalue weighted by Gasteiger charge is 2.17. The minimum Gasteiger partial charge on any atom is -0.508 e. The fraction of sp³-hybridized carbons (Fsp3) is 0.182. The Morgan fingerprint density at radius 2 is 2.23 bits per heavy atom. The van der Waals surface area contributed by atoms with E-state index in [9.17, 15) is 9.90 Å². The maximum Gasteiger partial charge on any atom is 0.160 e. The molecule has 2 nitrogen and oxygen atoms in total. The molecule has 66 valence electrons. The van der Waals surface area contributed by atoms with E-state index in [1.165, 1.54) is 0 Å². The van der Waals surface area contributed by atoms with Gasteiger partial charge >= 0.3 is 0 Å². The van der Waals surface area contributed by atoms with E-state index in [1.807, 2.05) is 12.1 Å². The van der Waals surface area contributed by atoms with Crippen LogP contribution in [0.4, 0.5) is 0 Å². The molecule has 1 aromatic rings. The lowest BCUT2D eigenvalue weighted by Gasteiger charge is -2.02. The summed E-state index contributed by atoms with van der Waals surface area (Å²) in [5.74, 6) is 0.275. The van der Waals surface area contributed by atoms with Crippen molar-refractivity contribution in [2.75, 3.05) is 0 Å². The molecule has 0 saturated heterocycles. The van der Waals surface area contributed by atoms with Gasteiger partial charge in [-0.15, -0.1) is 0 Å². The molecule has 0 unspecified atom stereocenters. The van der Waals surface area contributed by atoms with Gasteiger partial charge in [-0.3, -0.25) is 4.79 Å². The maximum absolute atomic E-state index is 11.2. The summed E-state index contributed by atoms with van der Waals surface area (Å²) >= 11 is 0. The summed E-state index contributed by atoms with van der Waals surface area (Å²) < 4.78 is 0. The second kappa shape index (κ2) is 2.73. The van der Waals surface area contributed by atoms with Crippen molar-refractivity contribution in [2.24, 2.45) is 0 Å². The lowest BCUT2D eigenvalue weighted by Crippen LogP contribution is -1.93. The van der Waals surface area contributed by atoms with Crippen molar-refractivity contribution in [2.45, 2.75) is 13.3 Å². The molecule has 0 bridgehead atoms. The number of phenolic OH excluding ortho intramolecular Hbond substituents is 1. The Balaban J connectivity index is 2.54. The molecule has 0 fully saturated rings. The standard InChI is InChI=1S/C11H10O2/c1-7(12)10-5-3-8-2-4-9(13)6-11(8)10/h2,4-6,13H,3H2,1H3. The molecule has 1 aliphatic rings. The Morgan fingerprint density at radius 3 is 2.92 bits per heavy atom. The van der Waals surface area contributed by atoms with Crippen LogP contribution in [-0.4, -0.2) is 10.9 Å². The van der Waals surface area contributed by atoms with Gasteiger partial charge in [0.05, 0.1) is 0 Å². The molecule has 0 aromatic heterocycles. The molecular weight excluding hydrogens is 164 g/mol. The van der Waals surface area contributed by atoms with Crippen molar-refractivity contribution >= 4 is 11.4 Å². The largest absolute Gasteiger partial charge is 0.508 e. The smallest absolute Gasteiger partial charge is 0.160 e. The van der Waals surface area contributed by atoms with E-state index in [0.29, 0.717) is 0 Å². The van der Waals surface area contributed by atoms with Gasteiger partial charge < -0.3 is 5.11 Å². The van der Waals surface area contributed by atoms with E-state index in [0.717, 1.165) is 23.1 Å². The first-order valence-corrected chi connectivity index (χ1v) is 4.22. The molecule has 1 aliphatic carbocycles. The summed E-state index contributed by atoms with van der Waals surface area (Å²) in [6, 6.07) is 5.16. The van der Waals surface area contributed by atoms with Crippen LogP contribution in [0.2, 0.25) is 0 Å². The number of carbonyl (C=O) groups excluding carboxylic acids is 1. The van der Waals surface area contributed by atoms with E-state index < -0.39 is 0 Å². The van der Waals surface area contributed by atoms with Crippen molar-refractivity contribution in [1.82, 2.24) is 0 Å². The first-order valence-electron chi connectivity index (χ1n) is 4.22. The molecule has 0 atom stereocenters. The van der Waals surface area contributed by atoms with Gasteiger partial charge in [0, 0.05) is 5.57 Å². The average molecular weight is 174 g/mol. The van der Waals surface area contributed by atoms with E-state index in [-0.39, 0.29) is 11.5 Å². The summed E-state index contributed by atoms with van der Waals surface area (Å²) in [6.45, 7) is 1.55. The second-order valence-electron chi connectivity index (χ2n) is 3.22. The highest BCUT2D eigenvalue weighted by atomic mass is 16.3. The highest BCUT2D eigenvalue weighted by Crippen LogP contribution is 2.30. The predicted octanol–water partition coefficient (Wildman–Crippen LogP) is 1.92. The minimum atomic E-state index is 0.0596. The van der Waals surface area contributed by atoms with Crippen molar-refractivity contribution < 1.29 is 9.90 Å². The zero-order chi connectivity index (χ0) is 9.42. The Morgan fingerprint density at radius 1 is 1.46 bits per heavy atom. The molecule has 0 radical (unpaired) electrons. The van der Waals surface area contributed by atoms with Crippen LogP contribution in [0.1, 0.15) is 18.1 Å². The molecule has 1 aromatic carbocycles. The maximum atomic E-state index is 11.2. The van der Waals surface area contributed by atoms with Crippen molar-refractivity contribution in [1.29, 1.82) is 0 Å². The van der Waals surface area contributed by atoms with Gasteiger partial charge in [0.1, 0.15) is 5.75 Å². The number of rotatable bonds is 1. The average Bonchev–Trinajstić information content (AvgIpc) is 2.46. The summed E-state index contributed by atoms with van der Waals surface area (Å²) in [5.41, 5.74) is 2.72. The van der Waals surface area contributed by atoms with Crippen molar-refractivity contribution in [3.05, 3.63) is 35.4 Å². The van der Waals surface area contributed by atoms with E-state index in [2.05, 4.69) is 0 Å². The number of allylic oxidation sites excluding steroid dienone is 2. The number of Topliss-reactive ketones (excluding diaryl/α,β-unsaturated/α-hetero) is 1. The molecule has 0 spiro atoms. The van der Waals surface area contributed by atoms with Gasteiger partial charge in [-0.1, -0.05) is 12.1 Å². The van der Waals surface area contributed by atoms with E-state index in [1.54, 1.807) is 19.1 Å². The summed E-state index contributed by atoms with van der Waals surface area (Å²) in [4.78, 5) is 11.2. The third-order valence-electron chi connectivity index (χ3n) is 2.29. The zero-order valence-electron chi connectivity index (χ0n) is 7.37. The number of phenols is 1. The fourth-order valence-corrected chi connectivity index (χ4v) is 1.65. The van der Waals surface area contributed by atoms with Gasteiger partial charge in [-0.25, -0.2) is 0 Å². The number of fused-ring (bicyclic) bond motifs is 1. The molecule has 2 rings (SSSR count). The first-order chi connectivity index (χ1) is 6.18. The molecule has 13 heavy (non-hydrogen) atoms. The van der Waals surface area contributed by atoms with E-state index in [4.69, 9.17) is 0 Å². The zero-order valence-corrected chi connectivity index (χ0v) is 7.37. The SMILES string of the molecule is CC(=O)C1=CCc2ccc(O)cc21. The Bertz CT molecular complexity index is 403. The van der Waals surface area contributed by atoms with Gasteiger partial charge in [0.25, 0.3) is 0 Å². The Kier molecular flexibility index (Phi) is 1.69. The highest BCUT2D eigenvalue weighted by molar-refractivity contribution is 6.21. The van der Waals surface area contributed by atoms with Crippen LogP contribution in [0.5, 0.6) is 5.75 Å². The first kappa shape index (κ1) is 8.05. The van der Waals surface area contributed by atoms with Crippen LogP contribution in [-0.2, 0) is 11.2 Å². The lowest BCUT2D eigenvalue weighted by atomic mass is 10.0. The van der Waals surface area contributed by atoms with Crippen molar-refractivity contribution in [3.63, 3.8) is 0 Å². The third kappa shape index (κ3) is 1.24. The number of benzene rings is 1. The summed E-state index contributed by atoms with van der Waals surface area (Å²) in [5, 5.41) is 9.26. The normalized spacial score (nSPS) is 13.8. The van der Waals surface area contributed by atoms with Crippen LogP contribution < -0.4 is 0 Å². The molecule has 0 heterocycles. The van der Waals surface area contributed by atoms with Crippen LogP contribution in [0.15, 0.2) is 24.3 Å². The molecule has 0 saturated carbocycles. The van der Waals surface area contributed by atoms with Gasteiger partial charge in [0.2, 0.25) is 0 Å². The molecule has 2 heteroatoms. The van der Waals surface area contributed by atoms with Gasteiger partial charge in [-0.05, 0) is 36.6 Å². The molecule has 1 N–H and O–H groups in total. The minimum absolute atomic E-state index is 0.0596.